The zero-order valence-corrected chi connectivity index (χ0v) is 11.0. The van der Waals surface area contributed by atoms with Crippen molar-refractivity contribution in [1.82, 2.24) is 9.38 Å². The first kappa shape index (κ1) is 12.1. The average Bonchev–Trinajstić information content (AvgIpc) is 2.92. The van der Waals surface area contributed by atoms with Gasteiger partial charge in [-0.1, -0.05) is 0 Å². The fourth-order valence-corrected chi connectivity index (χ4v) is 2.29. The first-order valence-corrected chi connectivity index (χ1v) is 6.68. The minimum Gasteiger partial charge on any atom is -0.464 e. The van der Waals surface area contributed by atoms with Gasteiger partial charge in [-0.05, 0) is 30.7 Å². The Bertz CT molecular complexity index is 810. The van der Waals surface area contributed by atoms with Crippen LogP contribution in [0.5, 0.6) is 0 Å². The largest absolute Gasteiger partial charge is 0.464 e. The molecule has 0 spiro atoms. The molecule has 1 amide bonds. The molecule has 0 radical (unpaired) electrons. The molecule has 2 atom stereocenters. The standard InChI is InChI=1S/C15H12FN3O2/c16-11-6-10(11)15(20)18-13-8-19-7-9(3-4-14(19)17-13)12-2-1-5-21-12/h1-5,7-8,10-11H,6H2,(H,18,20). The molecule has 0 aromatic carbocycles. The van der Waals surface area contributed by atoms with Crippen LogP contribution < -0.4 is 5.32 Å². The number of rotatable bonds is 3. The monoisotopic (exact) mass is 285 g/mol. The number of carbonyl (C=O) groups is 1. The average molecular weight is 285 g/mol. The number of alkyl halides is 1. The molecule has 106 valence electrons. The molecule has 6 heteroatoms. The molecular weight excluding hydrogens is 273 g/mol. The molecule has 3 heterocycles. The second-order valence-electron chi connectivity index (χ2n) is 5.13. The maximum absolute atomic E-state index is 12.8. The topological polar surface area (TPSA) is 59.5 Å². The van der Waals surface area contributed by atoms with E-state index in [-0.39, 0.29) is 5.91 Å². The van der Waals surface area contributed by atoms with E-state index in [9.17, 15) is 9.18 Å². The van der Waals surface area contributed by atoms with Crippen molar-refractivity contribution >= 4 is 17.4 Å². The normalized spacial score (nSPS) is 20.6. The van der Waals surface area contributed by atoms with Crippen molar-refractivity contribution in [2.75, 3.05) is 5.32 Å². The molecule has 0 bridgehead atoms. The van der Waals surface area contributed by atoms with Crippen LogP contribution in [0, 0.1) is 5.92 Å². The summed E-state index contributed by atoms with van der Waals surface area (Å²) in [7, 11) is 0. The van der Waals surface area contributed by atoms with E-state index in [2.05, 4.69) is 10.3 Å². The summed E-state index contributed by atoms with van der Waals surface area (Å²) in [5.74, 6) is 0.357. The number of hydrogen-bond acceptors (Lipinski definition) is 3. The third-order valence-corrected chi connectivity index (χ3v) is 3.56. The van der Waals surface area contributed by atoms with Crippen LogP contribution in [0.2, 0.25) is 0 Å². The number of nitrogens with one attached hydrogen (secondary N) is 1. The highest BCUT2D eigenvalue weighted by Crippen LogP contribution is 2.34. The molecule has 3 aromatic rings. The summed E-state index contributed by atoms with van der Waals surface area (Å²) in [6, 6.07) is 7.42. The summed E-state index contributed by atoms with van der Waals surface area (Å²) in [5, 5.41) is 2.64. The van der Waals surface area contributed by atoms with Crippen molar-refractivity contribution in [3.05, 3.63) is 42.9 Å². The van der Waals surface area contributed by atoms with Crippen molar-refractivity contribution < 1.29 is 13.6 Å². The van der Waals surface area contributed by atoms with Crippen LogP contribution in [0.3, 0.4) is 0 Å². The number of amides is 1. The van der Waals surface area contributed by atoms with Gasteiger partial charge in [0.05, 0.1) is 18.4 Å². The summed E-state index contributed by atoms with van der Waals surface area (Å²) in [6.45, 7) is 0. The molecule has 0 saturated heterocycles. The molecule has 0 aliphatic heterocycles. The zero-order chi connectivity index (χ0) is 14.4. The Morgan fingerprint density at radius 2 is 2.24 bits per heavy atom. The van der Waals surface area contributed by atoms with Crippen LogP contribution in [-0.4, -0.2) is 21.5 Å². The summed E-state index contributed by atoms with van der Waals surface area (Å²) >= 11 is 0. The first-order chi connectivity index (χ1) is 10.2. The number of nitrogens with zero attached hydrogens (tertiary/aromatic N) is 2. The second kappa shape index (κ2) is 4.44. The van der Waals surface area contributed by atoms with E-state index < -0.39 is 12.1 Å². The number of aromatic nitrogens is 2. The second-order valence-corrected chi connectivity index (χ2v) is 5.13. The molecule has 1 N–H and O–H groups in total. The molecule has 21 heavy (non-hydrogen) atoms. The third kappa shape index (κ3) is 2.18. The van der Waals surface area contributed by atoms with Gasteiger partial charge in [0.1, 0.15) is 17.6 Å². The third-order valence-electron chi connectivity index (χ3n) is 3.56. The molecule has 3 aromatic heterocycles. The Hall–Kier alpha value is -2.63. The fraction of sp³-hybridized carbons (Fsp3) is 0.200. The number of anilines is 1. The Morgan fingerprint density at radius 3 is 2.95 bits per heavy atom. The lowest BCUT2D eigenvalue weighted by atomic mass is 10.2. The number of carbonyl (C=O) groups excluding carboxylic acids is 1. The molecule has 4 rings (SSSR count). The van der Waals surface area contributed by atoms with Gasteiger partial charge in [0.15, 0.2) is 5.82 Å². The highest BCUT2D eigenvalue weighted by atomic mass is 19.1. The van der Waals surface area contributed by atoms with E-state index in [1.807, 2.05) is 30.5 Å². The number of fused-ring (bicyclic) bond motifs is 1. The van der Waals surface area contributed by atoms with Gasteiger partial charge in [-0.25, -0.2) is 9.37 Å². The van der Waals surface area contributed by atoms with Crippen LogP contribution in [0.4, 0.5) is 10.2 Å². The molecule has 5 nitrogen and oxygen atoms in total. The smallest absolute Gasteiger partial charge is 0.231 e. The van der Waals surface area contributed by atoms with Crippen LogP contribution >= 0.6 is 0 Å². The summed E-state index contributed by atoms with van der Waals surface area (Å²) < 4.78 is 20.0. The minimum absolute atomic E-state index is 0.307. The number of halogens is 1. The van der Waals surface area contributed by atoms with E-state index in [1.165, 1.54) is 0 Å². The quantitative estimate of drug-likeness (QED) is 0.805. The Balaban J connectivity index is 1.62. The van der Waals surface area contributed by atoms with Crippen molar-refractivity contribution in [2.24, 2.45) is 5.92 Å². The van der Waals surface area contributed by atoms with Gasteiger partial charge in [0, 0.05) is 11.8 Å². The SMILES string of the molecule is O=C(Nc1cn2cc(-c3ccco3)ccc2n1)C1CC1F. The minimum atomic E-state index is -1.01. The van der Waals surface area contributed by atoms with E-state index in [4.69, 9.17) is 4.42 Å². The molecule has 1 aliphatic carbocycles. The maximum Gasteiger partial charge on any atom is 0.231 e. The van der Waals surface area contributed by atoms with Gasteiger partial charge >= 0.3 is 0 Å². The maximum atomic E-state index is 12.8. The van der Waals surface area contributed by atoms with E-state index in [1.54, 1.807) is 16.9 Å². The van der Waals surface area contributed by atoms with Gasteiger partial charge < -0.3 is 14.1 Å². The number of imidazole rings is 1. The summed E-state index contributed by atoms with van der Waals surface area (Å²) in [4.78, 5) is 16.0. The van der Waals surface area contributed by atoms with Crippen LogP contribution in [-0.2, 0) is 4.79 Å². The van der Waals surface area contributed by atoms with E-state index >= 15 is 0 Å². The summed E-state index contributed by atoms with van der Waals surface area (Å²) in [6.07, 6.45) is 4.48. The van der Waals surface area contributed by atoms with Gasteiger partial charge in [-0.3, -0.25) is 4.79 Å². The van der Waals surface area contributed by atoms with Crippen LogP contribution in [0.25, 0.3) is 17.0 Å². The lowest BCUT2D eigenvalue weighted by molar-refractivity contribution is -0.117. The molecular formula is C15H12FN3O2. The van der Waals surface area contributed by atoms with Gasteiger partial charge in [-0.15, -0.1) is 0 Å². The van der Waals surface area contributed by atoms with Crippen molar-refractivity contribution in [2.45, 2.75) is 12.6 Å². The Morgan fingerprint density at radius 1 is 1.38 bits per heavy atom. The highest BCUT2D eigenvalue weighted by Gasteiger charge is 2.43. The Labute approximate surface area is 119 Å². The lowest BCUT2D eigenvalue weighted by Crippen LogP contribution is -2.15. The highest BCUT2D eigenvalue weighted by molar-refractivity contribution is 5.94. The predicted molar refractivity (Wildman–Crippen MR) is 74.5 cm³/mol. The van der Waals surface area contributed by atoms with Gasteiger partial charge in [0.25, 0.3) is 0 Å². The van der Waals surface area contributed by atoms with Crippen molar-refractivity contribution in [3.8, 4) is 11.3 Å². The summed E-state index contributed by atoms with van der Waals surface area (Å²) in [5.41, 5.74) is 1.61. The predicted octanol–water partition coefficient (Wildman–Crippen LogP) is 2.89. The van der Waals surface area contributed by atoms with Crippen LogP contribution in [0.15, 0.2) is 47.3 Å². The lowest BCUT2D eigenvalue weighted by Gasteiger charge is -1.98. The Kier molecular flexibility index (Phi) is 2.57. The first-order valence-electron chi connectivity index (χ1n) is 6.68. The van der Waals surface area contributed by atoms with Crippen LogP contribution in [0.1, 0.15) is 6.42 Å². The molecule has 2 unspecified atom stereocenters. The van der Waals surface area contributed by atoms with Gasteiger partial charge in [0.2, 0.25) is 5.91 Å². The number of hydrogen-bond donors (Lipinski definition) is 1. The van der Waals surface area contributed by atoms with Crippen molar-refractivity contribution in [1.29, 1.82) is 0 Å². The molecule has 1 saturated carbocycles. The zero-order valence-electron chi connectivity index (χ0n) is 11.0. The molecule has 1 fully saturated rings. The van der Waals surface area contributed by atoms with Crippen molar-refractivity contribution in [3.63, 3.8) is 0 Å². The van der Waals surface area contributed by atoms with E-state index in [0.717, 1.165) is 11.3 Å². The number of furan rings is 1. The fourth-order valence-electron chi connectivity index (χ4n) is 2.29. The number of pyridine rings is 1. The molecule has 1 aliphatic rings. The van der Waals surface area contributed by atoms with E-state index in [0.29, 0.717) is 17.9 Å². The van der Waals surface area contributed by atoms with Gasteiger partial charge in [-0.2, -0.15) is 0 Å².